The van der Waals surface area contributed by atoms with Crippen molar-refractivity contribution in [2.75, 3.05) is 18.1 Å². The minimum Gasteiger partial charge on any atom is -0.457 e. The highest BCUT2D eigenvalue weighted by atomic mass is 16.5. The molecule has 1 aromatic rings. The van der Waals surface area contributed by atoms with Crippen LogP contribution in [0.1, 0.15) is 29.8 Å². The van der Waals surface area contributed by atoms with Crippen LogP contribution in [-0.4, -0.2) is 30.8 Å². The standard InChI is InChI=1S/C14H15NO4/c1-9(16)15-6-5-11-7-12(3-4-13(11)15)14(18)8-19-10(2)17/h3-4,7H,5-6,8H2,1-2H3. The van der Waals surface area contributed by atoms with Gasteiger partial charge in [0.2, 0.25) is 5.91 Å². The van der Waals surface area contributed by atoms with Crippen molar-refractivity contribution in [1.29, 1.82) is 0 Å². The fourth-order valence-corrected chi connectivity index (χ4v) is 2.15. The Labute approximate surface area is 111 Å². The SMILES string of the molecule is CC(=O)OCC(=O)c1ccc2c(c1)CCN2C(C)=O. The lowest BCUT2D eigenvalue weighted by atomic mass is 10.1. The summed E-state index contributed by atoms with van der Waals surface area (Å²) in [5, 5.41) is 0. The molecule has 0 bridgehead atoms. The van der Waals surface area contributed by atoms with Crippen LogP contribution in [0.4, 0.5) is 5.69 Å². The summed E-state index contributed by atoms with van der Waals surface area (Å²) in [6, 6.07) is 5.20. The number of ether oxygens (including phenoxy) is 1. The number of ketones is 1. The number of fused-ring (bicyclic) bond motifs is 1. The zero-order valence-electron chi connectivity index (χ0n) is 10.9. The fraction of sp³-hybridized carbons (Fsp3) is 0.357. The van der Waals surface area contributed by atoms with Gasteiger partial charge in [0.1, 0.15) is 0 Å². The average Bonchev–Trinajstić information content (AvgIpc) is 2.78. The monoisotopic (exact) mass is 261 g/mol. The van der Waals surface area contributed by atoms with E-state index in [9.17, 15) is 14.4 Å². The Morgan fingerprint density at radius 3 is 2.63 bits per heavy atom. The maximum absolute atomic E-state index is 11.8. The van der Waals surface area contributed by atoms with Gasteiger partial charge in [0.05, 0.1) is 0 Å². The van der Waals surface area contributed by atoms with E-state index in [0.717, 1.165) is 17.7 Å². The van der Waals surface area contributed by atoms with Gasteiger partial charge >= 0.3 is 5.97 Å². The molecule has 19 heavy (non-hydrogen) atoms. The van der Waals surface area contributed by atoms with Crippen molar-refractivity contribution in [3.8, 4) is 0 Å². The topological polar surface area (TPSA) is 63.7 Å². The summed E-state index contributed by atoms with van der Waals surface area (Å²) in [5.41, 5.74) is 2.34. The van der Waals surface area contributed by atoms with Gasteiger partial charge < -0.3 is 9.64 Å². The molecular weight excluding hydrogens is 246 g/mol. The number of amides is 1. The zero-order chi connectivity index (χ0) is 14.0. The van der Waals surface area contributed by atoms with Crippen molar-refractivity contribution in [1.82, 2.24) is 0 Å². The molecule has 1 aromatic carbocycles. The van der Waals surface area contributed by atoms with Crippen LogP contribution >= 0.6 is 0 Å². The van der Waals surface area contributed by atoms with Gasteiger partial charge in [-0.2, -0.15) is 0 Å². The molecular formula is C14H15NO4. The van der Waals surface area contributed by atoms with Crippen LogP contribution < -0.4 is 4.90 Å². The lowest BCUT2D eigenvalue weighted by Crippen LogP contribution is -2.25. The predicted molar refractivity (Wildman–Crippen MR) is 69.1 cm³/mol. The maximum Gasteiger partial charge on any atom is 0.303 e. The van der Waals surface area contributed by atoms with E-state index in [-0.39, 0.29) is 18.3 Å². The van der Waals surface area contributed by atoms with Gasteiger partial charge in [-0.05, 0) is 30.2 Å². The Bertz CT molecular complexity index is 550. The van der Waals surface area contributed by atoms with E-state index in [2.05, 4.69) is 4.74 Å². The fourth-order valence-electron chi connectivity index (χ4n) is 2.15. The first kappa shape index (κ1) is 13.3. The highest BCUT2D eigenvalue weighted by Crippen LogP contribution is 2.28. The number of nitrogens with zero attached hydrogens (tertiary/aromatic N) is 1. The molecule has 5 nitrogen and oxygen atoms in total. The van der Waals surface area contributed by atoms with Crippen LogP contribution in [0.5, 0.6) is 0 Å². The number of carbonyl (C=O) groups is 3. The van der Waals surface area contributed by atoms with Gasteiger partial charge in [0.25, 0.3) is 0 Å². The largest absolute Gasteiger partial charge is 0.457 e. The van der Waals surface area contributed by atoms with Crippen LogP contribution in [0.3, 0.4) is 0 Å². The molecule has 0 spiro atoms. The minimum absolute atomic E-state index is 0.00209. The van der Waals surface area contributed by atoms with Crippen molar-refractivity contribution >= 4 is 23.3 Å². The molecule has 0 unspecified atom stereocenters. The average molecular weight is 261 g/mol. The summed E-state index contributed by atoms with van der Waals surface area (Å²) in [5.74, 6) is -0.714. The number of esters is 1. The van der Waals surface area contributed by atoms with E-state index in [1.807, 2.05) is 0 Å². The lowest BCUT2D eigenvalue weighted by molar-refractivity contribution is -0.139. The summed E-state index contributed by atoms with van der Waals surface area (Å²) < 4.78 is 4.68. The van der Waals surface area contributed by atoms with E-state index in [4.69, 9.17) is 0 Å². The first-order chi connectivity index (χ1) is 8.99. The molecule has 1 aliphatic heterocycles. The molecule has 0 aliphatic carbocycles. The van der Waals surface area contributed by atoms with E-state index in [0.29, 0.717) is 12.1 Å². The Kier molecular flexibility index (Phi) is 3.64. The smallest absolute Gasteiger partial charge is 0.303 e. The van der Waals surface area contributed by atoms with Crippen molar-refractivity contribution in [2.45, 2.75) is 20.3 Å². The number of hydrogen-bond donors (Lipinski definition) is 0. The molecule has 0 saturated carbocycles. The van der Waals surface area contributed by atoms with Crippen molar-refractivity contribution in [3.05, 3.63) is 29.3 Å². The number of hydrogen-bond acceptors (Lipinski definition) is 4. The molecule has 0 aromatic heterocycles. The molecule has 1 heterocycles. The summed E-state index contributed by atoms with van der Waals surface area (Å²) in [6.45, 7) is 3.19. The van der Waals surface area contributed by atoms with E-state index in [1.54, 1.807) is 23.1 Å². The van der Waals surface area contributed by atoms with Crippen LogP contribution in [0, 0.1) is 0 Å². The second-order valence-corrected chi connectivity index (χ2v) is 4.47. The van der Waals surface area contributed by atoms with Crippen LogP contribution in [0.15, 0.2) is 18.2 Å². The number of rotatable bonds is 3. The van der Waals surface area contributed by atoms with Crippen LogP contribution in [-0.2, 0) is 20.7 Å². The summed E-state index contributed by atoms with van der Waals surface area (Å²) in [4.78, 5) is 35.6. The van der Waals surface area contributed by atoms with Crippen molar-refractivity contribution in [3.63, 3.8) is 0 Å². The van der Waals surface area contributed by atoms with Gasteiger partial charge in [0, 0.05) is 31.6 Å². The summed E-state index contributed by atoms with van der Waals surface area (Å²) in [7, 11) is 0. The lowest BCUT2D eigenvalue weighted by Gasteiger charge is -2.14. The molecule has 0 atom stereocenters. The van der Waals surface area contributed by atoms with Gasteiger partial charge in [-0.3, -0.25) is 14.4 Å². The molecule has 0 N–H and O–H groups in total. The second kappa shape index (κ2) is 5.22. The third-order valence-corrected chi connectivity index (χ3v) is 3.08. The van der Waals surface area contributed by atoms with E-state index < -0.39 is 5.97 Å². The predicted octanol–water partition coefficient (Wildman–Crippen LogP) is 1.34. The highest BCUT2D eigenvalue weighted by Gasteiger charge is 2.23. The van der Waals surface area contributed by atoms with Crippen LogP contribution in [0.25, 0.3) is 0 Å². The molecule has 1 amide bonds. The number of Topliss-reactive ketones (excluding diaryl/α,β-unsaturated/α-hetero) is 1. The van der Waals surface area contributed by atoms with Crippen molar-refractivity contribution in [2.24, 2.45) is 0 Å². The molecule has 1 aliphatic rings. The van der Waals surface area contributed by atoms with Gasteiger partial charge in [-0.15, -0.1) is 0 Å². The second-order valence-electron chi connectivity index (χ2n) is 4.47. The number of benzene rings is 1. The summed E-state index contributed by atoms with van der Waals surface area (Å²) >= 11 is 0. The van der Waals surface area contributed by atoms with E-state index in [1.165, 1.54) is 13.8 Å². The first-order valence-corrected chi connectivity index (χ1v) is 6.06. The Morgan fingerprint density at radius 1 is 1.26 bits per heavy atom. The van der Waals surface area contributed by atoms with Gasteiger partial charge in [-0.1, -0.05) is 0 Å². The molecule has 0 saturated heterocycles. The quantitative estimate of drug-likeness (QED) is 0.608. The molecule has 5 heteroatoms. The van der Waals surface area contributed by atoms with Gasteiger partial charge in [-0.25, -0.2) is 0 Å². The first-order valence-electron chi connectivity index (χ1n) is 6.06. The number of anilines is 1. The minimum atomic E-state index is -0.475. The Morgan fingerprint density at radius 2 is 2.00 bits per heavy atom. The van der Waals surface area contributed by atoms with Crippen molar-refractivity contribution < 1.29 is 19.1 Å². The third-order valence-electron chi connectivity index (χ3n) is 3.08. The summed E-state index contributed by atoms with van der Waals surface area (Å²) in [6.07, 6.45) is 0.740. The van der Waals surface area contributed by atoms with E-state index >= 15 is 0 Å². The molecule has 2 rings (SSSR count). The third kappa shape index (κ3) is 2.81. The Balaban J connectivity index is 2.16. The highest BCUT2D eigenvalue weighted by molar-refractivity contribution is 6.00. The number of carbonyl (C=O) groups excluding carboxylic acids is 3. The maximum atomic E-state index is 11.8. The molecule has 100 valence electrons. The van der Waals surface area contributed by atoms with Gasteiger partial charge in [0.15, 0.2) is 12.4 Å². The Hall–Kier alpha value is -2.17. The molecule has 0 radical (unpaired) electrons. The zero-order valence-corrected chi connectivity index (χ0v) is 10.9. The van der Waals surface area contributed by atoms with Crippen LogP contribution in [0.2, 0.25) is 0 Å². The normalized spacial score (nSPS) is 13.1. The molecule has 0 fully saturated rings.